The van der Waals surface area contributed by atoms with Gasteiger partial charge in [0.2, 0.25) is 0 Å². The average molecular weight is 336 g/mol. The molecular formula is C14H9IS. The third kappa shape index (κ3) is 1.60. The third-order valence-electron chi connectivity index (χ3n) is 2.70. The molecule has 0 bridgehead atoms. The summed E-state index contributed by atoms with van der Waals surface area (Å²) in [5, 5.41) is 0. The summed E-state index contributed by atoms with van der Waals surface area (Å²) in [4.78, 5) is 2.62. The van der Waals surface area contributed by atoms with Crippen molar-refractivity contribution in [2.75, 3.05) is 0 Å². The van der Waals surface area contributed by atoms with Crippen molar-refractivity contribution in [3.05, 3.63) is 63.7 Å². The highest BCUT2D eigenvalue weighted by Gasteiger charge is 2.18. The molecular weight excluding hydrogens is 327 g/mol. The highest BCUT2D eigenvalue weighted by Crippen LogP contribution is 2.44. The number of rotatable bonds is 0. The van der Waals surface area contributed by atoms with Gasteiger partial charge in [-0.3, -0.25) is 0 Å². The Balaban J connectivity index is 2.23. The lowest BCUT2D eigenvalue weighted by Gasteiger charge is -2.21. The first-order valence-electron chi connectivity index (χ1n) is 5.02. The van der Waals surface area contributed by atoms with E-state index in [2.05, 4.69) is 71.6 Å². The molecule has 1 aliphatic heterocycles. The first-order valence-corrected chi connectivity index (χ1v) is 6.91. The number of fused-ring (bicyclic) bond motifs is 2. The highest BCUT2D eigenvalue weighted by atomic mass is 127. The Hall–Kier alpha value is -0.740. The molecule has 0 N–H and O–H groups in total. The lowest BCUT2D eigenvalue weighted by molar-refractivity contribution is 1.29. The molecule has 3 rings (SSSR count). The number of hydrogen-bond donors (Lipinski definition) is 0. The fraction of sp³-hybridized carbons (Fsp3) is 0. The van der Waals surface area contributed by atoms with Crippen molar-refractivity contribution in [3.8, 4) is 0 Å². The monoisotopic (exact) mass is 336 g/mol. The molecule has 0 saturated carbocycles. The second-order valence-corrected chi connectivity index (χ2v) is 6.05. The van der Waals surface area contributed by atoms with Crippen molar-refractivity contribution in [1.29, 1.82) is 0 Å². The van der Waals surface area contributed by atoms with Gasteiger partial charge in [0.05, 0.1) is 0 Å². The van der Waals surface area contributed by atoms with E-state index >= 15 is 0 Å². The minimum Gasteiger partial charge on any atom is -0.0905 e. The Morgan fingerprint density at radius 2 is 1.69 bits per heavy atom. The zero-order chi connectivity index (χ0) is 11.1. The van der Waals surface area contributed by atoms with Gasteiger partial charge in [0.1, 0.15) is 0 Å². The minimum atomic E-state index is 1.14. The molecule has 0 aliphatic carbocycles. The van der Waals surface area contributed by atoms with Crippen LogP contribution in [-0.2, 0) is 0 Å². The maximum Gasteiger partial charge on any atom is 0.0201 e. The second kappa shape index (κ2) is 3.93. The maximum absolute atomic E-state index is 4.22. The van der Waals surface area contributed by atoms with E-state index in [1.165, 1.54) is 24.5 Å². The van der Waals surface area contributed by atoms with Crippen LogP contribution in [0.2, 0.25) is 0 Å². The molecule has 0 amide bonds. The van der Waals surface area contributed by atoms with E-state index in [9.17, 15) is 0 Å². The summed E-state index contributed by atoms with van der Waals surface area (Å²) in [6.07, 6.45) is 0. The van der Waals surface area contributed by atoms with Crippen LogP contribution < -0.4 is 0 Å². The zero-order valence-electron chi connectivity index (χ0n) is 8.53. The van der Waals surface area contributed by atoms with Crippen LogP contribution >= 0.6 is 34.4 Å². The van der Waals surface area contributed by atoms with Crippen LogP contribution in [0.25, 0.3) is 5.57 Å². The molecule has 0 spiro atoms. The van der Waals surface area contributed by atoms with Gasteiger partial charge in [-0.1, -0.05) is 36.5 Å². The van der Waals surface area contributed by atoms with Crippen molar-refractivity contribution in [3.63, 3.8) is 0 Å². The Morgan fingerprint density at radius 3 is 2.56 bits per heavy atom. The van der Waals surface area contributed by atoms with E-state index in [4.69, 9.17) is 0 Å². The van der Waals surface area contributed by atoms with Gasteiger partial charge >= 0.3 is 0 Å². The van der Waals surface area contributed by atoms with Crippen molar-refractivity contribution in [2.45, 2.75) is 9.79 Å². The summed E-state index contributed by atoms with van der Waals surface area (Å²) in [6.45, 7) is 4.22. The summed E-state index contributed by atoms with van der Waals surface area (Å²) in [7, 11) is 0. The lowest BCUT2D eigenvalue weighted by atomic mass is 9.99. The van der Waals surface area contributed by atoms with Crippen LogP contribution in [0.3, 0.4) is 0 Å². The largest absolute Gasteiger partial charge is 0.0905 e. The standard InChI is InChI=1S/C14H9IS/c1-9-11-4-2-3-5-13(11)16-14-7-6-10(15)8-12(9)14/h2-8H,1H2. The van der Waals surface area contributed by atoms with E-state index in [0.29, 0.717) is 0 Å². The predicted octanol–water partition coefficient (Wildman–Crippen LogP) is 4.82. The van der Waals surface area contributed by atoms with Gasteiger partial charge in [-0.25, -0.2) is 0 Å². The molecule has 2 heteroatoms. The minimum absolute atomic E-state index is 1.14. The van der Waals surface area contributed by atoms with Gasteiger partial charge in [0.25, 0.3) is 0 Å². The first kappa shape index (κ1) is 10.4. The molecule has 0 unspecified atom stereocenters. The average Bonchev–Trinajstić information content (AvgIpc) is 2.31. The Labute approximate surface area is 113 Å². The van der Waals surface area contributed by atoms with Gasteiger partial charge in [-0.2, -0.15) is 0 Å². The number of benzene rings is 2. The van der Waals surface area contributed by atoms with Gasteiger partial charge in [0, 0.05) is 13.4 Å². The molecule has 2 aromatic rings. The highest BCUT2D eigenvalue weighted by molar-refractivity contribution is 14.1. The molecule has 2 aromatic carbocycles. The number of halogens is 1. The summed E-state index contributed by atoms with van der Waals surface area (Å²) in [5.41, 5.74) is 3.68. The van der Waals surface area contributed by atoms with E-state index in [-0.39, 0.29) is 0 Å². The quantitative estimate of drug-likeness (QED) is 0.531. The van der Waals surface area contributed by atoms with Crippen molar-refractivity contribution < 1.29 is 0 Å². The molecule has 1 aliphatic rings. The van der Waals surface area contributed by atoms with E-state index in [1.807, 2.05) is 11.8 Å². The molecule has 0 atom stereocenters. The topological polar surface area (TPSA) is 0 Å². The zero-order valence-corrected chi connectivity index (χ0v) is 11.5. The van der Waals surface area contributed by atoms with Crippen molar-refractivity contribution in [2.24, 2.45) is 0 Å². The molecule has 0 nitrogen and oxygen atoms in total. The Bertz CT molecular complexity index is 587. The normalized spacial score (nSPS) is 13.2. The van der Waals surface area contributed by atoms with Crippen LogP contribution in [-0.4, -0.2) is 0 Å². The molecule has 0 fully saturated rings. The van der Waals surface area contributed by atoms with Crippen molar-refractivity contribution in [1.82, 2.24) is 0 Å². The van der Waals surface area contributed by atoms with Crippen LogP contribution in [0.5, 0.6) is 0 Å². The lowest BCUT2D eigenvalue weighted by Crippen LogP contribution is -1.97. The van der Waals surface area contributed by atoms with Gasteiger partial charge in [-0.05, 0) is 63.6 Å². The van der Waals surface area contributed by atoms with Gasteiger partial charge < -0.3 is 0 Å². The SMILES string of the molecule is C=C1c2ccccc2Sc2ccc(I)cc21. The van der Waals surface area contributed by atoms with E-state index in [1.54, 1.807) is 0 Å². The van der Waals surface area contributed by atoms with E-state index in [0.717, 1.165) is 5.57 Å². The molecule has 0 saturated heterocycles. The summed E-state index contributed by atoms with van der Waals surface area (Å²) >= 11 is 4.18. The van der Waals surface area contributed by atoms with Gasteiger partial charge in [0.15, 0.2) is 0 Å². The first-order chi connectivity index (χ1) is 7.75. The van der Waals surface area contributed by atoms with Crippen molar-refractivity contribution >= 4 is 39.9 Å². The Morgan fingerprint density at radius 1 is 0.938 bits per heavy atom. The van der Waals surface area contributed by atoms with Crippen LogP contribution in [0.4, 0.5) is 0 Å². The second-order valence-electron chi connectivity index (χ2n) is 3.72. The third-order valence-corrected chi connectivity index (χ3v) is 4.52. The predicted molar refractivity (Wildman–Crippen MR) is 77.9 cm³/mol. The molecule has 78 valence electrons. The van der Waals surface area contributed by atoms with Crippen LogP contribution in [0.15, 0.2) is 58.8 Å². The molecule has 0 radical (unpaired) electrons. The Kier molecular flexibility index (Phi) is 2.56. The molecule has 1 heterocycles. The molecule has 0 aromatic heterocycles. The van der Waals surface area contributed by atoms with E-state index < -0.39 is 0 Å². The summed E-state index contributed by atoms with van der Waals surface area (Å²) in [6, 6.07) is 15.0. The maximum atomic E-state index is 4.22. The van der Waals surface area contributed by atoms with Gasteiger partial charge in [-0.15, -0.1) is 0 Å². The summed E-state index contributed by atoms with van der Waals surface area (Å²) < 4.78 is 1.26. The summed E-state index contributed by atoms with van der Waals surface area (Å²) in [5.74, 6) is 0. The molecule has 16 heavy (non-hydrogen) atoms. The fourth-order valence-corrected chi connectivity index (χ4v) is 3.50. The van der Waals surface area contributed by atoms with Crippen LogP contribution in [0, 0.1) is 3.57 Å². The fourth-order valence-electron chi connectivity index (χ4n) is 1.90. The smallest absolute Gasteiger partial charge is 0.0201 e. The number of hydrogen-bond acceptors (Lipinski definition) is 1. The van der Waals surface area contributed by atoms with Crippen LogP contribution in [0.1, 0.15) is 11.1 Å².